The van der Waals surface area contributed by atoms with Gasteiger partial charge in [-0.25, -0.2) is 18.1 Å². The normalized spacial score (nSPS) is 22.0. The Kier molecular flexibility index (Phi) is 5.03. The molecule has 1 fully saturated rings. The molecule has 0 radical (unpaired) electrons. The first-order valence-corrected chi connectivity index (χ1v) is 10.3. The average molecular weight is 371 g/mol. The molecule has 24 heavy (non-hydrogen) atoms. The first kappa shape index (κ1) is 17.5. The van der Waals surface area contributed by atoms with Gasteiger partial charge in [-0.05, 0) is 39.5 Å². The summed E-state index contributed by atoms with van der Waals surface area (Å²) in [7, 11) is -1.60. The van der Waals surface area contributed by atoms with Crippen LogP contribution in [0.2, 0.25) is 0 Å². The fraction of sp³-hybridized carbons (Fsp3) is 0.600. The number of imidazole rings is 1. The highest BCUT2D eigenvalue weighted by atomic mass is 32.2. The maximum absolute atomic E-state index is 12.6. The molecular weight excluding hydrogens is 348 g/mol. The highest BCUT2D eigenvalue weighted by Gasteiger charge is 2.30. The zero-order valence-corrected chi connectivity index (χ0v) is 15.7. The molecule has 3 rings (SSSR count). The number of thioether (sulfide) groups is 1. The maximum Gasteiger partial charge on any atom is 0.246 e. The molecule has 1 N–H and O–H groups in total. The Hall–Kier alpha value is -1.32. The molecule has 1 saturated carbocycles. The first-order valence-electron chi connectivity index (χ1n) is 7.96. The Morgan fingerprint density at radius 2 is 2.00 bits per heavy atom. The van der Waals surface area contributed by atoms with E-state index < -0.39 is 10.0 Å². The molecule has 0 spiro atoms. The van der Waals surface area contributed by atoms with Crippen LogP contribution in [0.25, 0.3) is 0 Å². The van der Waals surface area contributed by atoms with Crippen LogP contribution >= 0.6 is 11.8 Å². The molecule has 132 valence electrons. The van der Waals surface area contributed by atoms with Crippen LogP contribution < -0.4 is 4.72 Å². The molecule has 0 amide bonds. The summed E-state index contributed by atoms with van der Waals surface area (Å²) in [5.74, 6) is 0.332. The second kappa shape index (κ2) is 6.89. The van der Waals surface area contributed by atoms with Gasteiger partial charge in [0.15, 0.2) is 10.9 Å². The van der Waals surface area contributed by atoms with Crippen LogP contribution in [0.15, 0.2) is 27.0 Å². The highest BCUT2D eigenvalue weighted by molar-refractivity contribution is 7.99. The zero-order chi connectivity index (χ0) is 17.3. The Morgan fingerprint density at radius 3 is 2.54 bits per heavy atom. The van der Waals surface area contributed by atoms with Crippen LogP contribution in [0.1, 0.15) is 37.1 Å². The van der Waals surface area contributed by atoms with Crippen molar-refractivity contribution in [2.75, 3.05) is 0 Å². The van der Waals surface area contributed by atoms with Crippen LogP contribution in [0.5, 0.6) is 0 Å². The van der Waals surface area contributed by atoms with E-state index >= 15 is 0 Å². The third kappa shape index (κ3) is 3.68. The predicted molar refractivity (Wildman–Crippen MR) is 91.4 cm³/mol. The van der Waals surface area contributed by atoms with Gasteiger partial charge >= 0.3 is 0 Å². The summed E-state index contributed by atoms with van der Waals surface area (Å²) in [5, 5.41) is 5.22. The fourth-order valence-corrected chi connectivity index (χ4v) is 5.84. The van der Waals surface area contributed by atoms with Gasteiger partial charge in [-0.1, -0.05) is 16.9 Å². The lowest BCUT2D eigenvalue weighted by Crippen LogP contribution is -2.38. The molecule has 2 aromatic rings. The van der Waals surface area contributed by atoms with E-state index in [1.54, 1.807) is 31.8 Å². The molecule has 2 aromatic heterocycles. The summed E-state index contributed by atoms with van der Waals surface area (Å²) in [6.45, 7) is 3.26. The van der Waals surface area contributed by atoms with E-state index in [0.717, 1.165) is 30.8 Å². The second-order valence-corrected chi connectivity index (χ2v) is 9.11. The van der Waals surface area contributed by atoms with Crippen molar-refractivity contribution in [1.82, 2.24) is 19.4 Å². The minimum atomic E-state index is -3.58. The van der Waals surface area contributed by atoms with Gasteiger partial charge in [-0.15, -0.1) is 0 Å². The molecule has 0 aliphatic heterocycles. The highest BCUT2D eigenvalue weighted by Crippen LogP contribution is 2.33. The number of nitrogens with zero attached hydrogens (tertiary/aromatic N) is 3. The molecule has 1 aliphatic rings. The van der Waals surface area contributed by atoms with Gasteiger partial charge in [-0.3, -0.25) is 0 Å². The first-order chi connectivity index (χ1) is 11.4. The van der Waals surface area contributed by atoms with E-state index in [1.807, 2.05) is 17.8 Å². The fourth-order valence-electron chi connectivity index (χ4n) is 3.05. The van der Waals surface area contributed by atoms with E-state index in [4.69, 9.17) is 4.52 Å². The van der Waals surface area contributed by atoms with Crippen LogP contribution in [0.4, 0.5) is 0 Å². The van der Waals surface area contributed by atoms with E-state index in [9.17, 15) is 8.42 Å². The smallest absolute Gasteiger partial charge is 0.246 e. The summed E-state index contributed by atoms with van der Waals surface area (Å²) in [6, 6.07) is -0.0399. The van der Waals surface area contributed by atoms with Crippen LogP contribution in [0.3, 0.4) is 0 Å². The van der Waals surface area contributed by atoms with E-state index in [2.05, 4.69) is 14.9 Å². The van der Waals surface area contributed by atoms with E-state index in [1.165, 1.54) is 0 Å². The summed E-state index contributed by atoms with van der Waals surface area (Å²) in [6.07, 6.45) is 7.31. The molecule has 0 atom stereocenters. The standard InChI is InChI=1S/C15H22N4O3S2/c1-10-14(11(2)22-17-10)24(20,21)18-12-4-6-13(7-5-12)23-15-16-8-9-19(15)3/h8-9,12-13,18H,4-7H2,1-3H3. The average Bonchev–Trinajstić information content (AvgIpc) is 3.07. The number of aromatic nitrogens is 3. The van der Waals surface area contributed by atoms with Gasteiger partial charge in [-0.2, -0.15) is 0 Å². The lowest BCUT2D eigenvalue weighted by atomic mass is 9.96. The number of aryl methyl sites for hydroxylation is 3. The van der Waals surface area contributed by atoms with Crippen molar-refractivity contribution in [3.05, 3.63) is 23.8 Å². The van der Waals surface area contributed by atoms with Crippen molar-refractivity contribution in [2.45, 2.75) is 60.9 Å². The number of nitrogens with one attached hydrogen (secondary N) is 1. The monoisotopic (exact) mass is 370 g/mol. The van der Waals surface area contributed by atoms with E-state index in [-0.39, 0.29) is 10.9 Å². The molecule has 0 bridgehead atoms. The van der Waals surface area contributed by atoms with Crippen LogP contribution in [-0.4, -0.2) is 34.4 Å². The summed E-state index contributed by atoms with van der Waals surface area (Å²) in [4.78, 5) is 4.51. The molecule has 7 nitrogen and oxygen atoms in total. The lowest BCUT2D eigenvalue weighted by molar-refractivity contribution is 0.390. The van der Waals surface area contributed by atoms with Gasteiger partial charge in [0.25, 0.3) is 0 Å². The van der Waals surface area contributed by atoms with Crippen molar-refractivity contribution >= 4 is 21.8 Å². The largest absolute Gasteiger partial charge is 0.360 e. The Bertz CT molecular complexity index is 785. The molecule has 1 aliphatic carbocycles. The van der Waals surface area contributed by atoms with Gasteiger partial charge in [0.05, 0.1) is 0 Å². The molecule has 0 aromatic carbocycles. The van der Waals surface area contributed by atoms with Gasteiger partial charge < -0.3 is 9.09 Å². The second-order valence-electron chi connectivity index (χ2n) is 6.19. The Labute approximate surface area is 146 Å². The van der Waals surface area contributed by atoms with Gasteiger partial charge in [0.2, 0.25) is 10.0 Å². The predicted octanol–water partition coefficient (Wildman–Crippen LogP) is 2.41. The van der Waals surface area contributed by atoms with E-state index in [0.29, 0.717) is 16.7 Å². The van der Waals surface area contributed by atoms with Gasteiger partial charge in [0, 0.05) is 30.7 Å². The van der Waals surface area contributed by atoms with Crippen molar-refractivity contribution < 1.29 is 12.9 Å². The molecular formula is C15H22N4O3S2. The quantitative estimate of drug-likeness (QED) is 0.869. The molecule has 0 unspecified atom stereocenters. The van der Waals surface area contributed by atoms with Crippen molar-refractivity contribution in [1.29, 1.82) is 0 Å². The number of hydrogen-bond acceptors (Lipinski definition) is 6. The van der Waals surface area contributed by atoms with Crippen LogP contribution in [-0.2, 0) is 17.1 Å². The minimum absolute atomic E-state index is 0.0399. The zero-order valence-electron chi connectivity index (χ0n) is 14.0. The summed E-state index contributed by atoms with van der Waals surface area (Å²) >= 11 is 1.77. The molecule has 2 heterocycles. The third-order valence-corrected chi connectivity index (χ3v) is 7.45. The number of hydrogen-bond donors (Lipinski definition) is 1. The van der Waals surface area contributed by atoms with Crippen molar-refractivity contribution in [3.63, 3.8) is 0 Å². The SMILES string of the molecule is Cc1noc(C)c1S(=O)(=O)NC1CCC(Sc2nccn2C)CC1. The topological polar surface area (TPSA) is 90.0 Å². The molecule has 0 saturated heterocycles. The number of sulfonamides is 1. The maximum atomic E-state index is 12.6. The van der Waals surface area contributed by atoms with Crippen molar-refractivity contribution in [2.24, 2.45) is 7.05 Å². The Balaban J connectivity index is 1.58. The Morgan fingerprint density at radius 1 is 1.29 bits per heavy atom. The lowest BCUT2D eigenvalue weighted by Gasteiger charge is -2.28. The van der Waals surface area contributed by atoms with Gasteiger partial charge in [0.1, 0.15) is 10.6 Å². The van der Waals surface area contributed by atoms with Crippen molar-refractivity contribution in [3.8, 4) is 0 Å². The third-order valence-electron chi connectivity index (χ3n) is 4.28. The van der Waals surface area contributed by atoms with Crippen LogP contribution in [0, 0.1) is 13.8 Å². The summed E-state index contributed by atoms with van der Waals surface area (Å²) < 4.78 is 34.9. The molecule has 9 heteroatoms. The summed E-state index contributed by atoms with van der Waals surface area (Å²) in [5.41, 5.74) is 0.402. The minimum Gasteiger partial charge on any atom is -0.360 e. The number of rotatable bonds is 5.